The Morgan fingerprint density at radius 3 is 2.75 bits per heavy atom. The van der Waals surface area contributed by atoms with Gasteiger partial charge in [0.15, 0.2) is 0 Å². The van der Waals surface area contributed by atoms with Crippen LogP contribution in [0, 0.1) is 0 Å². The third kappa shape index (κ3) is 4.25. The number of rotatable bonds is 5. The number of halogens is 3. The molecule has 106 valence electrons. The number of nitrogens with zero attached hydrogens (tertiary/aromatic N) is 2. The Morgan fingerprint density at radius 2 is 2.10 bits per heavy atom. The van der Waals surface area contributed by atoms with E-state index in [0.717, 1.165) is 22.5 Å². The fourth-order valence-electron chi connectivity index (χ4n) is 1.41. The molecule has 7 heteroatoms. The molecule has 0 saturated heterocycles. The first-order valence-corrected chi connectivity index (χ1v) is 8.36. The minimum Gasteiger partial charge on any atom is -0.369 e. The number of aromatic nitrogens is 2. The van der Waals surface area contributed by atoms with E-state index in [-0.39, 0.29) is 0 Å². The van der Waals surface area contributed by atoms with E-state index >= 15 is 0 Å². The van der Waals surface area contributed by atoms with E-state index in [4.69, 9.17) is 23.2 Å². The lowest BCUT2D eigenvalue weighted by atomic mass is 10.4. The molecule has 2 rings (SSSR count). The van der Waals surface area contributed by atoms with Crippen LogP contribution >= 0.6 is 50.9 Å². The highest BCUT2D eigenvalue weighted by Crippen LogP contribution is 2.35. The molecule has 0 aromatic carbocycles. The highest BCUT2D eigenvalue weighted by atomic mass is 79.9. The molecule has 0 aliphatic heterocycles. The molecule has 1 N–H and O–H groups in total. The Balaban J connectivity index is 2.24. The lowest BCUT2D eigenvalue weighted by molar-refractivity contribution is 0.959. The molecule has 0 saturated carbocycles. The van der Waals surface area contributed by atoms with Gasteiger partial charge in [-0.25, -0.2) is 9.97 Å². The molecule has 0 atom stereocenters. The summed E-state index contributed by atoms with van der Waals surface area (Å²) in [5, 5.41) is 5.74. The fraction of sp³-hybridized carbons (Fsp3) is 0.231. The van der Waals surface area contributed by atoms with Crippen molar-refractivity contribution in [3.8, 4) is 0 Å². The summed E-state index contributed by atoms with van der Waals surface area (Å²) in [6.45, 7) is 2.90. The summed E-state index contributed by atoms with van der Waals surface area (Å²) in [4.78, 5) is 8.76. The van der Waals surface area contributed by atoms with Crippen LogP contribution in [0.15, 0.2) is 38.9 Å². The topological polar surface area (TPSA) is 37.8 Å². The number of hydrogen-bond acceptors (Lipinski definition) is 4. The Bertz CT molecular complexity index is 593. The molecule has 2 aromatic heterocycles. The van der Waals surface area contributed by atoms with Crippen molar-refractivity contribution in [3.63, 3.8) is 0 Å². The van der Waals surface area contributed by atoms with Crippen LogP contribution in [0.3, 0.4) is 0 Å². The van der Waals surface area contributed by atoms with Gasteiger partial charge < -0.3 is 5.32 Å². The van der Waals surface area contributed by atoms with E-state index < -0.39 is 0 Å². The van der Waals surface area contributed by atoms with E-state index in [1.807, 2.05) is 12.1 Å². The second-order valence-electron chi connectivity index (χ2n) is 3.95. The van der Waals surface area contributed by atoms with Gasteiger partial charge in [0, 0.05) is 17.2 Å². The van der Waals surface area contributed by atoms with Gasteiger partial charge in [-0.05, 0) is 52.3 Å². The van der Waals surface area contributed by atoms with Crippen LogP contribution in [0.5, 0.6) is 0 Å². The number of anilines is 1. The van der Waals surface area contributed by atoms with Crippen molar-refractivity contribution in [1.82, 2.24) is 9.97 Å². The fourth-order valence-corrected chi connectivity index (χ4v) is 2.92. The Labute approximate surface area is 140 Å². The maximum absolute atomic E-state index is 6.18. The summed E-state index contributed by atoms with van der Waals surface area (Å²) in [7, 11) is 0. The highest BCUT2D eigenvalue weighted by molar-refractivity contribution is 9.10. The van der Waals surface area contributed by atoms with E-state index in [0.29, 0.717) is 20.9 Å². The molecule has 20 heavy (non-hydrogen) atoms. The summed E-state index contributed by atoms with van der Waals surface area (Å²) in [5.41, 5.74) is 0. The van der Waals surface area contributed by atoms with Crippen LogP contribution in [0.25, 0.3) is 0 Å². The smallest absolute Gasteiger partial charge is 0.146 e. The highest BCUT2D eigenvalue weighted by Gasteiger charge is 2.11. The standard InChI is InChI=1S/C13H12BrCl2N3S/c1-2-5-17-12-9(15)6-10(16)13(19-12)20-11-4-3-8(14)7-18-11/h3-4,6-7H,2,5H2,1H3,(H,17,19). The van der Waals surface area contributed by atoms with Crippen molar-refractivity contribution in [2.24, 2.45) is 0 Å². The SMILES string of the molecule is CCCNc1nc(Sc2ccc(Br)cn2)c(Cl)cc1Cl. The molecule has 2 aromatic rings. The Morgan fingerprint density at radius 1 is 1.30 bits per heavy atom. The number of nitrogens with one attached hydrogen (secondary N) is 1. The normalized spacial score (nSPS) is 10.6. The zero-order valence-electron chi connectivity index (χ0n) is 10.7. The van der Waals surface area contributed by atoms with Crippen molar-refractivity contribution in [2.45, 2.75) is 23.4 Å². The maximum atomic E-state index is 6.18. The summed E-state index contributed by atoms with van der Waals surface area (Å²) >= 11 is 17.1. The second kappa shape index (κ2) is 7.50. The quantitative estimate of drug-likeness (QED) is 0.726. The van der Waals surface area contributed by atoms with Gasteiger partial charge in [-0.1, -0.05) is 30.1 Å². The number of pyridine rings is 2. The molecule has 0 aliphatic carbocycles. The van der Waals surface area contributed by atoms with Gasteiger partial charge in [0.25, 0.3) is 0 Å². The third-order valence-corrected chi connectivity index (χ3v) is 4.45. The second-order valence-corrected chi connectivity index (χ2v) is 6.69. The van der Waals surface area contributed by atoms with Crippen LogP contribution in [0.2, 0.25) is 10.0 Å². The maximum Gasteiger partial charge on any atom is 0.146 e. The molecular formula is C13H12BrCl2N3S. The summed E-state index contributed by atoms with van der Waals surface area (Å²) in [6, 6.07) is 5.53. The van der Waals surface area contributed by atoms with Crippen LogP contribution < -0.4 is 5.32 Å². The van der Waals surface area contributed by atoms with Gasteiger partial charge in [0.2, 0.25) is 0 Å². The first kappa shape index (κ1) is 15.9. The lowest BCUT2D eigenvalue weighted by Gasteiger charge is -2.10. The summed E-state index contributed by atoms with van der Waals surface area (Å²) in [6.07, 6.45) is 2.74. The predicted octanol–water partition coefficient (Wildman–Crippen LogP) is 5.52. The Kier molecular flexibility index (Phi) is 5.96. The first-order chi connectivity index (χ1) is 9.60. The first-order valence-electron chi connectivity index (χ1n) is 5.99. The van der Waals surface area contributed by atoms with Crippen LogP contribution in [0.4, 0.5) is 5.82 Å². The van der Waals surface area contributed by atoms with Gasteiger partial charge in [0.1, 0.15) is 15.9 Å². The molecule has 3 nitrogen and oxygen atoms in total. The number of hydrogen-bond donors (Lipinski definition) is 1. The molecule has 0 spiro atoms. The molecule has 0 radical (unpaired) electrons. The molecule has 0 fully saturated rings. The van der Waals surface area contributed by atoms with Crippen LogP contribution in [-0.2, 0) is 0 Å². The average Bonchev–Trinajstić information content (AvgIpc) is 2.43. The molecule has 0 amide bonds. The van der Waals surface area contributed by atoms with Crippen LogP contribution in [-0.4, -0.2) is 16.5 Å². The van der Waals surface area contributed by atoms with Crippen molar-refractivity contribution in [2.75, 3.05) is 11.9 Å². The zero-order valence-corrected chi connectivity index (χ0v) is 14.6. The minimum atomic E-state index is 0.520. The van der Waals surface area contributed by atoms with E-state index in [9.17, 15) is 0 Å². The van der Waals surface area contributed by atoms with E-state index in [1.54, 1.807) is 12.3 Å². The van der Waals surface area contributed by atoms with Crippen molar-refractivity contribution < 1.29 is 0 Å². The molecule has 2 heterocycles. The molecular weight excluding hydrogens is 381 g/mol. The minimum absolute atomic E-state index is 0.520. The zero-order chi connectivity index (χ0) is 14.5. The van der Waals surface area contributed by atoms with Crippen molar-refractivity contribution in [1.29, 1.82) is 0 Å². The van der Waals surface area contributed by atoms with Crippen molar-refractivity contribution in [3.05, 3.63) is 38.9 Å². The van der Waals surface area contributed by atoms with Gasteiger partial charge in [-0.15, -0.1) is 0 Å². The molecule has 0 aliphatic rings. The molecule has 0 unspecified atom stereocenters. The lowest BCUT2D eigenvalue weighted by Crippen LogP contribution is -2.03. The Hall–Kier alpha value is -0.490. The predicted molar refractivity (Wildman–Crippen MR) is 89.1 cm³/mol. The summed E-state index contributed by atoms with van der Waals surface area (Å²) in [5.74, 6) is 0.650. The summed E-state index contributed by atoms with van der Waals surface area (Å²) < 4.78 is 0.933. The van der Waals surface area contributed by atoms with E-state index in [1.165, 1.54) is 11.8 Å². The monoisotopic (exact) mass is 391 g/mol. The molecule has 0 bridgehead atoms. The van der Waals surface area contributed by atoms with Gasteiger partial charge >= 0.3 is 0 Å². The van der Waals surface area contributed by atoms with Gasteiger partial charge in [-0.3, -0.25) is 0 Å². The van der Waals surface area contributed by atoms with Crippen molar-refractivity contribution >= 4 is 56.7 Å². The largest absolute Gasteiger partial charge is 0.369 e. The third-order valence-electron chi connectivity index (χ3n) is 2.34. The van der Waals surface area contributed by atoms with Gasteiger partial charge in [-0.2, -0.15) is 0 Å². The van der Waals surface area contributed by atoms with E-state index in [2.05, 4.69) is 38.1 Å². The average molecular weight is 393 g/mol. The van der Waals surface area contributed by atoms with Crippen LogP contribution in [0.1, 0.15) is 13.3 Å². The van der Waals surface area contributed by atoms with Gasteiger partial charge in [0.05, 0.1) is 10.0 Å².